The van der Waals surface area contributed by atoms with E-state index in [1.165, 1.54) is 37.8 Å². The second-order valence-corrected chi connectivity index (χ2v) is 10.9. The van der Waals surface area contributed by atoms with Crippen LogP contribution in [-0.2, 0) is 9.05 Å². The Bertz CT molecular complexity index is 1220. The van der Waals surface area contributed by atoms with E-state index < -0.39 is 0 Å². The molecule has 0 radical (unpaired) electrons. The van der Waals surface area contributed by atoms with Gasteiger partial charge in [0.2, 0.25) is 0 Å². The van der Waals surface area contributed by atoms with Gasteiger partial charge >= 0.3 is 195 Å². The number of carbonyl (C=O) groups excluding carboxylic acids is 1. The molecule has 3 heteroatoms. The van der Waals surface area contributed by atoms with Gasteiger partial charge in [-0.05, 0) is 0 Å². The van der Waals surface area contributed by atoms with Gasteiger partial charge in [-0.2, -0.15) is 0 Å². The molecule has 2 nitrogen and oxygen atoms in total. The van der Waals surface area contributed by atoms with Crippen molar-refractivity contribution in [3.8, 4) is 0 Å². The fraction of sp³-hybridized carbons (Fsp3) is 0.138. The zero-order valence-corrected chi connectivity index (χ0v) is 19.5. The number of hydrogen-bond acceptors (Lipinski definition) is 2. The summed E-state index contributed by atoms with van der Waals surface area (Å²) in [5, 5.41) is 0. The quantitative estimate of drug-likeness (QED) is 0.303. The molecule has 0 aromatic heterocycles. The second-order valence-electron chi connectivity index (χ2n) is 8.22. The van der Waals surface area contributed by atoms with Crippen LogP contribution in [0.3, 0.4) is 0 Å². The molecule has 0 fully saturated rings. The topological polar surface area (TPSA) is 26.3 Å². The van der Waals surface area contributed by atoms with Crippen molar-refractivity contribution < 1.29 is 9.53 Å². The first kappa shape index (κ1) is 19.5. The SMILES string of the molecule is CCOC(=O)c1ccc([Se]C23c4ccccc4C(c4ccccc42)c2ccccc23)cc1. The molecule has 3 aliphatic carbocycles. The second kappa shape index (κ2) is 7.48. The number of esters is 1. The van der Waals surface area contributed by atoms with Crippen molar-refractivity contribution in [2.24, 2.45) is 0 Å². The predicted octanol–water partition coefficient (Wildman–Crippen LogP) is 4.99. The molecule has 0 amide bonds. The van der Waals surface area contributed by atoms with E-state index in [-0.39, 0.29) is 25.2 Å². The van der Waals surface area contributed by atoms with Gasteiger partial charge in [0.05, 0.1) is 0 Å². The average molecular weight is 481 g/mol. The summed E-state index contributed by atoms with van der Waals surface area (Å²) in [5.74, 6) is 0.0337. The molecular formula is C29H22O2Se. The number of benzene rings is 4. The zero-order valence-electron chi connectivity index (χ0n) is 17.7. The zero-order chi connectivity index (χ0) is 21.7. The summed E-state index contributed by atoms with van der Waals surface area (Å²) < 4.78 is 6.26. The third-order valence-electron chi connectivity index (χ3n) is 6.59. The first-order valence-corrected chi connectivity index (χ1v) is 12.7. The standard InChI is InChI=1S/C29H22O2Se/c1-2-31-28(30)19-15-17-20(18-16-19)32-29-24-12-6-3-9-21(24)27(22-10-4-7-13-25(22)29)23-11-5-8-14-26(23)29/h3-18,27H,2H2,1H3. The molecule has 0 heterocycles. The molecule has 4 aromatic carbocycles. The van der Waals surface area contributed by atoms with Gasteiger partial charge in [-0.3, -0.25) is 0 Å². The molecule has 32 heavy (non-hydrogen) atoms. The number of carbonyl (C=O) groups is 1. The molecule has 0 unspecified atom stereocenters. The minimum atomic E-state index is -0.260. The van der Waals surface area contributed by atoms with Gasteiger partial charge in [-0.1, -0.05) is 0 Å². The molecule has 3 aliphatic rings. The van der Waals surface area contributed by atoms with Gasteiger partial charge in [-0.15, -0.1) is 0 Å². The monoisotopic (exact) mass is 482 g/mol. The van der Waals surface area contributed by atoms with Gasteiger partial charge in [0.25, 0.3) is 0 Å². The van der Waals surface area contributed by atoms with E-state index >= 15 is 0 Å². The third kappa shape index (κ3) is 2.68. The van der Waals surface area contributed by atoms with Crippen LogP contribution in [0, 0.1) is 0 Å². The first-order valence-electron chi connectivity index (χ1n) is 11.0. The molecule has 156 valence electrons. The number of ether oxygens (including phenoxy) is 1. The summed E-state index contributed by atoms with van der Waals surface area (Å²) in [6, 6.07) is 34.9. The van der Waals surface area contributed by atoms with E-state index in [1.54, 1.807) is 0 Å². The van der Waals surface area contributed by atoms with Crippen molar-refractivity contribution in [3.05, 3.63) is 136 Å². The van der Waals surface area contributed by atoms with Crippen LogP contribution in [0.5, 0.6) is 0 Å². The maximum absolute atomic E-state index is 12.1. The van der Waals surface area contributed by atoms with E-state index in [4.69, 9.17) is 4.74 Å². The van der Waals surface area contributed by atoms with E-state index in [0.717, 1.165) is 0 Å². The van der Waals surface area contributed by atoms with Crippen LogP contribution in [0.15, 0.2) is 97.1 Å². The molecular weight excluding hydrogens is 459 g/mol. The van der Waals surface area contributed by atoms with Crippen molar-refractivity contribution in [1.82, 2.24) is 0 Å². The van der Waals surface area contributed by atoms with Crippen LogP contribution in [0.4, 0.5) is 0 Å². The summed E-state index contributed by atoms with van der Waals surface area (Å²) in [6.45, 7) is 2.22. The summed E-state index contributed by atoms with van der Waals surface area (Å²) in [4.78, 5) is 12.1. The molecule has 0 aliphatic heterocycles. The molecule has 7 rings (SSSR count). The summed E-state index contributed by atoms with van der Waals surface area (Å²) >= 11 is 0.0773. The molecule has 0 spiro atoms. The first-order chi connectivity index (χ1) is 15.7. The average Bonchev–Trinajstić information content (AvgIpc) is 2.85. The Labute approximate surface area is 194 Å². The van der Waals surface area contributed by atoms with Gasteiger partial charge in [0.1, 0.15) is 0 Å². The summed E-state index contributed by atoms with van der Waals surface area (Å²) in [5.41, 5.74) is 9.17. The molecule has 0 N–H and O–H groups in total. The fourth-order valence-corrected chi connectivity index (χ4v) is 8.54. The van der Waals surface area contributed by atoms with Crippen molar-refractivity contribution in [1.29, 1.82) is 0 Å². The van der Waals surface area contributed by atoms with Gasteiger partial charge in [-0.25, -0.2) is 0 Å². The van der Waals surface area contributed by atoms with Crippen molar-refractivity contribution >= 4 is 25.4 Å². The van der Waals surface area contributed by atoms with E-state index in [0.29, 0.717) is 18.1 Å². The molecule has 0 saturated heterocycles. The van der Waals surface area contributed by atoms with Gasteiger partial charge in [0.15, 0.2) is 0 Å². The maximum atomic E-state index is 12.1. The molecule has 0 atom stereocenters. The Hall–Kier alpha value is -3.13. The minimum absolute atomic E-state index is 0.0773. The van der Waals surface area contributed by atoms with Crippen molar-refractivity contribution in [3.63, 3.8) is 0 Å². The summed E-state index contributed by atoms with van der Waals surface area (Å²) in [7, 11) is 0. The van der Waals surface area contributed by atoms with Crippen LogP contribution in [0.1, 0.15) is 56.6 Å². The predicted molar refractivity (Wildman–Crippen MR) is 128 cm³/mol. The van der Waals surface area contributed by atoms with Crippen molar-refractivity contribution in [2.75, 3.05) is 6.61 Å². The van der Waals surface area contributed by atoms with E-state index in [2.05, 4.69) is 84.9 Å². The summed E-state index contributed by atoms with van der Waals surface area (Å²) in [6.07, 6.45) is 0. The van der Waals surface area contributed by atoms with Crippen molar-refractivity contribution in [2.45, 2.75) is 17.2 Å². The van der Waals surface area contributed by atoms with Crippen LogP contribution < -0.4 is 4.46 Å². The van der Waals surface area contributed by atoms with Crippen LogP contribution in [0.25, 0.3) is 0 Å². The molecule has 0 saturated carbocycles. The van der Waals surface area contributed by atoms with Gasteiger partial charge in [0, 0.05) is 0 Å². The van der Waals surface area contributed by atoms with Crippen LogP contribution >= 0.6 is 0 Å². The third-order valence-corrected chi connectivity index (χ3v) is 9.68. The Morgan fingerprint density at radius 2 is 1.22 bits per heavy atom. The Kier molecular flexibility index (Phi) is 4.57. The normalized spacial score (nSPS) is 19.6. The van der Waals surface area contributed by atoms with Crippen LogP contribution in [0.2, 0.25) is 0 Å². The Morgan fingerprint density at radius 1 is 0.750 bits per heavy atom. The Balaban J connectivity index is 1.56. The van der Waals surface area contributed by atoms with Crippen LogP contribution in [-0.4, -0.2) is 27.5 Å². The fourth-order valence-electron chi connectivity index (χ4n) is 5.36. The molecule has 2 bridgehead atoms. The number of hydrogen-bond donors (Lipinski definition) is 0. The van der Waals surface area contributed by atoms with E-state index in [1.807, 2.05) is 19.1 Å². The Morgan fingerprint density at radius 3 is 1.69 bits per heavy atom. The molecule has 4 aromatic rings. The van der Waals surface area contributed by atoms with E-state index in [9.17, 15) is 4.79 Å². The number of rotatable bonds is 4. The van der Waals surface area contributed by atoms with Gasteiger partial charge < -0.3 is 0 Å².